The number of carbonyl (C=O) groups excluding carboxylic acids is 1. The summed E-state index contributed by atoms with van der Waals surface area (Å²) in [6.07, 6.45) is 6.87. The molecule has 0 aromatic heterocycles. The van der Waals surface area contributed by atoms with Crippen LogP contribution in [0.3, 0.4) is 0 Å². The van der Waals surface area contributed by atoms with Crippen LogP contribution in [0.4, 0.5) is 0 Å². The fraction of sp³-hybridized carbons (Fsp3) is 0.379. The second kappa shape index (κ2) is 11.7. The molecule has 0 bridgehead atoms. The smallest absolute Gasteiger partial charge is 0.304 e. The van der Waals surface area contributed by atoms with E-state index < -0.39 is 5.97 Å². The van der Waals surface area contributed by atoms with Crippen molar-refractivity contribution >= 4 is 22.6 Å². The summed E-state index contributed by atoms with van der Waals surface area (Å²) in [4.78, 5) is 24.0. The molecule has 6 heteroatoms. The van der Waals surface area contributed by atoms with Gasteiger partial charge in [0.2, 0.25) is 0 Å². The molecular weight excluding hydrogens is 442 g/mol. The van der Waals surface area contributed by atoms with Gasteiger partial charge in [-0.2, -0.15) is 0 Å². The number of carboxylic acids is 1. The molecule has 3 aromatic rings. The molecule has 1 fully saturated rings. The zero-order valence-electron chi connectivity index (χ0n) is 20.2. The average Bonchev–Trinajstić information content (AvgIpc) is 3.14. The molecule has 1 aliphatic rings. The van der Waals surface area contributed by atoms with Crippen molar-refractivity contribution in [2.24, 2.45) is 0 Å². The minimum Gasteiger partial charge on any atom is -0.497 e. The van der Waals surface area contributed by atoms with E-state index in [2.05, 4.69) is 5.32 Å². The number of rotatable bonds is 9. The van der Waals surface area contributed by atoms with Gasteiger partial charge in [-0.15, -0.1) is 0 Å². The number of nitrogens with one attached hydrogen (secondary N) is 1. The van der Waals surface area contributed by atoms with E-state index in [1.807, 2.05) is 60.7 Å². The van der Waals surface area contributed by atoms with Gasteiger partial charge < -0.3 is 19.9 Å². The fourth-order valence-electron chi connectivity index (χ4n) is 4.83. The highest BCUT2D eigenvalue weighted by atomic mass is 16.5. The summed E-state index contributed by atoms with van der Waals surface area (Å²) in [5.41, 5.74) is 1.82. The van der Waals surface area contributed by atoms with Gasteiger partial charge in [0.05, 0.1) is 13.5 Å². The Morgan fingerprint density at radius 2 is 1.54 bits per heavy atom. The van der Waals surface area contributed by atoms with Gasteiger partial charge in [-0.3, -0.25) is 9.59 Å². The molecule has 6 nitrogen and oxygen atoms in total. The van der Waals surface area contributed by atoms with Crippen LogP contribution in [0.2, 0.25) is 0 Å². The highest BCUT2D eigenvalue weighted by molar-refractivity contribution is 5.85. The first-order valence-corrected chi connectivity index (χ1v) is 12.3. The highest BCUT2D eigenvalue weighted by Crippen LogP contribution is 2.32. The molecule has 1 amide bonds. The molecule has 3 aromatic carbocycles. The topological polar surface area (TPSA) is 84.9 Å². The Labute approximate surface area is 206 Å². The van der Waals surface area contributed by atoms with Crippen LogP contribution in [0.15, 0.2) is 60.7 Å². The van der Waals surface area contributed by atoms with Crippen molar-refractivity contribution in [3.05, 3.63) is 71.8 Å². The Bertz CT molecular complexity index is 1150. The summed E-state index contributed by atoms with van der Waals surface area (Å²) in [7, 11) is 1.60. The maximum atomic E-state index is 12.4. The van der Waals surface area contributed by atoms with Gasteiger partial charge in [-0.1, -0.05) is 62.1 Å². The summed E-state index contributed by atoms with van der Waals surface area (Å²) in [5, 5.41) is 14.6. The first-order valence-electron chi connectivity index (χ1n) is 12.3. The van der Waals surface area contributed by atoms with Gasteiger partial charge in [-0.25, -0.2) is 0 Å². The van der Waals surface area contributed by atoms with Crippen molar-refractivity contribution in [2.45, 2.75) is 56.9 Å². The average molecular weight is 476 g/mol. The molecule has 1 aliphatic carbocycles. The number of hydrogen-bond donors (Lipinski definition) is 2. The quantitative estimate of drug-likeness (QED) is 0.389. The second-order valence-electron chi connectivity index (χ2n) is 9.24. The van der Waals surface area contributed by atoms with Crippen molar-refractivity contribution in [1.29, 1.82) is 0 Å². The number of carbonyl (C=O) groups is 2. The molecule has 35 heavy (non-hydrogen) atoms. The van der Waals surface area contributed by atoms with Gasteiger partial charge in [0.15, 0.2) is 6.61 Å². The van der Waals surface area contributed by atoms with Crippen LogP contribution in [-0.2, 0) is 9.59 Å². The van der Waals surface area contributed by atoms with Crippen LogP contribution in [0, 0.1) is 0 Å². The summed E-state index contributed by atoms with van der Waals surface area (Å²) in [6.45, 7) is -0.0187. The van der Waals surface area contributed by atoms with Crippen LogP contribution in [-0.4, -0.2) is 36.7 Å². The van der Waals surface area contributed by atoms with E-state index in [9.17, 15) is 14.7 Å². The van der Waals surface area contributed by atoms with E-state index >= 15 is 0 Å². The Balaban J connectivity index is 1.48. The summed E-state index contributed by atoms with van der Waals surface area (Å²) in [6, 6.07) is 19.4. The third kappa shape index (κ3) is 6.75. The van der Waals surface area contributed by atoms with Crippen LogP contribution in [0.1, 0.15) is 62.0 Å². The molecule has 1 atom stereocenters. The standard InChI is InChI=1S/C29H33NO5/c1-34-25-13-11-21(12-14-25)27(18-29(32)33)22-9-8-20-10-15-26(17-23(20)16-22)35-19-28(31)30-24-6-4-2-3-5-7-24/h8-17,24,27H,2-7,18-19H2,1H3,(H,30,31)(H,32,33). The zero-order valence-corrected chi connectivity index (χ0v) is 20.2. The third-order valence-corrected chi connectivity index (χ3v) is 6.73. The molecule has 2 N–H and O–H groups in total. The molecule has 0 saturated heterocycles. The minimum atomic E-state index is -0.859. The predicted molar refractivity (Wildman–Crippen MR) is 136 cm³/mol. The van der Waals surface area contributed by atoms with Crippen LogP contribution in [0.5, 0.6) is 11.5 Å². The van der Waals surface area contributed by atoms with E-state index in [0.717, 1.165) is 53.3 Å². The molecule has 0 heterocycles. The van der Waals surface area contributed by atoms with Gasteiger partial charge in [-0.05, 0) is 59.0 Å². The maximum Gasteiger partial charge on any atom is 0.304 e. The Morgan fingerprint density at radius 3 is 2.23 bits per heavy atom. The van der Waals surface area contributed by atoms with Crippen LogP contribution >= 0.6 is 0 Å². The van der Waals surface area contributed by atoms with Gasteiger partial charge in [0.25, 0.3) is 5.91 Å². The lowest BCUT2D eigenvalue weighted by Crippen LogP contribution is -2.37. The summed E-state index contributed by atoms with van der Waals surface area (Å²) >= 11 is 0. The number of methoxy groups -OCH3 is 1. The van der Waals surface area contributed by atoms with Crippen molar-refractivity contribution < 1.29 is 24.2 Å². The number of ether oxygens (including phenoxy) is 2. The number of carboxylic acid groups (broad SMARTS) is 1. The van der Waals surface area contributed by atoms with E-state index in [-0.39, 0.29) is 30.9 Å². The van der Waals surface area contributed by atoms with E-state index in [1.165, 1.54) is 12.8 Å². The number of benzene rings is 3. The zero-order chi connectivity index (χ0) is 24.6. The Hall–Kier alpha value is -3.54. The monoisotopic (exact) mass is 475 g/mol. The lowest BCUT2D eigenvalue weighted by molar-refractivity contribution is -0.137. The van der Waals surface area contributed by atoms with Gasteiger partial charge in [0.1, 0.15) is 11.5 Å². The van der Waals surface area contributed by atoms with Crippen molar-refractivity contribution in [3.8, 4) is 11.5 Å². The summed E-state index contributed by atoms with van der Waals surface area (Å²) < 4.78 is 11.0. The number of aliphatic carboxylic acids is 1. The third-order valence-electron chi connectivity index (χ3n) is 6.73. The maximum absolute atomic E-state index is 12.4. The second-order valence-corrected chi connectivity index (χ2v) is 9.24. The van der Waals surface area contributed by atoms with Crippen molar-refractivity contribution in [2.75, 3.05) is 13.7 Å². The molecule has 1 saturated carbocycles. The van der Waals surface area contributed by atoms with E-state index in [1.54, 1.807) is 7.11 Å². The molecule has 0 aliphatic heterocycles. The summed E-state index contributed by atoms with van der Waals surface area (Å²) in [5.74, 6) is 0.100. The molecule has 184 valence electrons. The van der Waals surface area contributed by atoms with Crippen molar-refractivity contribution in [1.82, 2.24) is 5.32 Å². The van der Waals surface area contributed by atoms with Crippen LogP contribution < -0.4 is 14.8 Å². The largest absolute Gasteiger partial charge is 0.497 e. The first kappa shape index (κ1) is 24.6. The molecular formula is C29H33NO5. The highest BCUT2D eigenvalue weighted by Gasteiger charge is 2.19. The Kier molecular flexibility index (Phi) is 8.24. The minimum absolute atomic E-state index is 0.0185. The first-order chi connectivity index (χ1) is 17.0. The van der Waals surface area contributed by atoms with Gasteiger partial charge in [0, 0.05) is 12.0 Å². The lowest BCUT2D eigenvalue weighted by Gasteiger charge is -2.18. The van der Waals surface area contributed by atoms with Gasteiger partial charge >= 0.3 is 5.97 Å². The van der Waals surface area contributed by atoms with Crippen LogP contribution in [0.25, 0.3) is 10.8 Å². The van der Waals surface area contributed by atoms with Crippen molar-refractivity contribution in [3.63, 3.8) is 0 Å². The van der Waals surface area contributed by atoms with E-state index in [4.69, 9.17) is 9.47 Å². The number of amides is 1. The SMILES string of the molecule is COc1ccc(C(CC(=O)O)c2ccc3ccc(OCC(=O)NC4CCCCCC4)cc3c2)cc1. The fourth-order valence-corrected chi connectivity index (χ4v) is 4.83. The molecule has 0 radical (unpaired) electrons. The molecule has 1 unspecified atom stereocenters. The molecule has 0 spiro atoms. The number of fused-ring (bicyclic) bond motifs is 1. The lowest BCUT2D eigenvalue weighted by atomic mass is 9.87. The molecule has 4 rings (SSSR count). The number of hydrogen-bond acceptors (Lipinski definition) is 4. The Morgan fingerprint density at radius 1 is 0.886 bits per heavy atom. The normalized spacial score (nSPS) is 15.2. The predicted octanol–water partition coefficient (Wildman–Crippen LogP) is 5.67. The van der Waals surface area contributed by atoms with E-state index in [0.29, 0.717) is 5.75 Å².